The Bertz CT molecular complexity index is 1050. The highest BCUT2D eigenvalue weighted by Gasteiger charge is 2.30. The Morgan fingerprint density at radius 1 is 0.933 bits per heavy atom. The number of nitrogens with zero attached hydrogens (tertiary/aromatic N) is 2. The van der Waals surface area contributed by atoms with Crippen molar-refractivity contribution in [1.82, 2.24) is 9.21 Å². The minimum Gasteiger partial charge on any atom is -0.452 e. The lowest BCUT2D eigenvalue weighted by Crippen LogP contribution is -2.51. The highest BCUT2D eigenvalue weighted by molar-refractivity contribution is 7.89. The Morgan fingerprint density at radius 3 is 2.20 bits per heavy atom. The molecule has 30 heavy (non-hydrogen) atoms. The van der Waals surface area contributed by atoms with E-state index >= 15 is 0 Å². The average molecular weight is 492 g/mol. The molecule has 2 aromatic carbocycles. The molecular weight excluding hydrogens is 475 g/mol. The average Bonchev–Trinajstić information content (AvgIpc) is 2.74. The predicted octanol–water partition coefficient (Wildman–Crippen LogP) is 3.34. The van der Waals surface area contributed by atoms with Gasteiger partial charge in [0.1, 0.15) is 0 Å². The number of benzene rings is 2. The maximum atomic E-state index is 12.7. The van der Waals surface area contributed by atoms with Crippen LogP contribution in [0.4, 0.5) is 0 Å². The Hall–Kier alpha value is -1.84. The van der Waals surface area contributed by atoms with Gasteiger partial charge in [0.05, 0.1) is 20.5 Å². The van der Waals surface area contributed by atoms with Crippen molar-refractivity contribution >= 4 is 56.7 Å². The minimum atomic E-state index is -3.67. The second-order valence-corrected chi connectivity index (χ2v) is 9.58. The molecule has 1 fully saturated rings. The van der Waals surface area contributed by atoms with E-state index in [0.29, 0.717) is 5.02 Å². The van der Waals surface area contributed by atoms with Crippen LogP contribution in [0.3, 0.4) is 0 Å². The maximum Gasteiger partial charge on any atom is 0.340 e. The van der Waals surface area contributed by atoms with Crippen LogP contribution in [0.2, 0.25) is 15.1 Å². The van der Waals surface area contributed by atoms with Crippen molar-refractivity contribution in [3.63, 3.8) is 0 Å². The van der Waals surface area contributed by atoms with Gasteiger partial charge in [0.25, 0.3) is 5.91 Å². The number of halogens is 3. The number of amides is 1. The van der Waals surface area contributed by atoms with Crippen molar-refractivity contribution in [2.45, 2.75) is 4.90 Å². The molecule has 2 aromatic rings. The summed E-state index contributed by atoms with van der Waals surface area (Å²) in [5.41, 5.74) is 0.0656. The van der Waals surface area contributed by atoms with Crippen LogP contribution in [-0.4, -0.2) is 62.3 Å². The summed E-state index contributed by atoms with van der Waals surface area (Å²) >= 11 is 17.6. The molecule has 1 amide bonds. The first-order valence-electron chi connectivity index (χ1n) is 8.85. The molecule has 1 saturated heterocycles. The molecule has 0 spiro atoms. The quantitative estimate of drug-likeness (QED) is 0.599. The van der Waals surface area contributed by atoms with Gasteiger partial charge in [0, 0.05) is 31.2 Å². The van der Waals surface area contributed by atoms with Gasteiger partial charge >= 0.3 is 5.97 Å². The Morgan fingerprint density at radius 2 is 1.57 bits per heavy atom. The summed E-state index contributed by atoms with van der Waals surface area (Å²) in [6, 6.07) is 10.4. The molecule has 0 unspecified atom stereocenters. The van der Waals surface area contributed by atoms with Gasteiger partial charge in [-0.15, -0.1) is 0 Å². The van der Waals surface area contributed by atoms with Gasteiger partial charge < -0.3 is 9.64 Å². The second-order valence-electron chi connectivity index (χ2n) is 6.42. The van der Waals surface area contributed by atoms with Crippen LogP contribution in [0.15, 0.2) is 47.4 Å². The standard InChI is InChI=1S/C19H17Cl3N2O5S/c20-13-4-6-14(7-5-13)30(27,28)24-10-8-23(9-11-24)17(25)12-29-19(26)15-2-1-3-16(21)18(15)22/h1-7H,8-12H2. The number of sulfonamides is 1. The van der Waals surface area contributed by atoms with E-state index < -0.39 is 28.5 Å². The third-order valence-electron chi connectivity index (χ3n) is 4.54. The van der Waals surface area contributed by atoms with E-state index in [0.717, 1.165) is 0 Å². The number of esters is 1. The predicted molar refractivity (Wildman–Crippen MR) is 114 cm³/mol. The number of rotatable bonds is 5. The van der Waals surface area contributed by atoms with Crippen LogP contribution in [-0.2, 0) is 19.6 Å². The van der Waals surface area contributed by atoms with Gasteiger partial charge in [0.2, 0.25) is 10.0 Å². The first-order valence-corrected chi connectivity index (χ1v) is 11.4. The van der Waals surface area contributed by atoms with Crippen LogP contribution in [0.5, 0.6) is 0 Å². The Kier molecular flexibility index (Phi) is 7.26. The minimum absolute atomic E-state index is 0.0534. The third-order valence-corrected chi connectivity index (χ3v) is 7.52. The second kappa shape index (κ2) is 9.53. The number of hydrogen-bond donors (Lipinski definition) is 0. The van der Waals surface area contributed by atoms with Crippen molar-refractivity contribution in [3.8, 4) is 0 Å². The molecule has 3 rings (SSSR count). The van der Waals surface area contributed by atoms with E-state index in [4.69, 9.17) is 39.5 Å². The molecule has 0 bridgehead atoms. The van der Waals surface area contributed by atoms with Crippen LogP contribution in [0.25, 0.3) is 0 Å². The first kappa shape index (κ1) is 22.8. The normalized spacial score (nSPS) is 15.1. The highest BCUT2D eigenvalue weighted by atomic mass is 35.5. The van der Waals surface area contributed by atoms with Gasteiger partial charge in [-0.2, -0.15) is 4.31 Å². The lowest BCUT2D eigenvalue weighted by atomic mass is 10.2. The van der Waals surface area contributed by atoms with E-state index in [2.05, 4.69) is 0 Å². The summed E-state index contributed by atoms with van der Waals surface area (Å²) in [4.78, 5) is 26.1. The number of piperazine rings is 1. The molecule has 0 aromatic heterocycles. The fourth-order valence-corrected chi connectivity index (χ4v) is 4.82. The SMILES string of the molecule is O=C(OCC(=O)N1CCN(S(=O)(=O)c2ccc(Cl)cc2)CC1)c1cccc(Cl)c1Cl. The van der Waals surface area contributed by atoms with Gasteiger partial charge in [-0.25, -0.2) is 13.2 Å². The molecule has 1 heterocycles. The maximum absolute atomic E-state index is 12.7. The molecule has 0 saturated carbocycles. The van der Waals surface area contributed by atoms with E-state index in [-0.39, 0.29) is 46.7 Å². The molecule has 11 heteroatoms. The lowest BCUT2D eigenvalue weighted by Gasteiger charge is -2.33. The summed E-state index contributed by atoms with van der Waals surface area (Å²) in [7, 11) is -3.67. The fraction of sp³-hybridized carbons (Fsp3) is 0.263. The summed E-state index contributed by atoms with van der Waals surface area (Å²) < 4.78 is 31.7. The van der Waals surface area contributed by atoms with Crippen LogP contribution in [0, 0.1) is 0 Å². The summed E-state index contributed by atoms with van der Waals surface area (Å²) in [6.45, 7) is 0.142. The number of carbonyl (C=O) groups is 2. The molecule has 0 N–H and O–H groups in total. The molecule has 0 aliphatic carbocycles. The third kappa shape index (κ3) is 5.07. The van der Waals surface area contributed by atoms with Crippen molar-refractivity contribution in [3.05, 3.63) is 63.1 Å². The van der Waals surface area contributed by atoms with Crippen LogP contribution in [0.1, 0.15) is 10.4 Å². The van der Waals surface area contributed by atoms with E-state index in [1.165, 1.54) is 45.6 Å². The number of hydrogen-bond acceptors (Lipinski definition) is 5. The highest BCUT2D eigenvalue weighted by Crippen LogP contribution is 2.26. The topological polar surface area (TPSA) is 84.0 Å². The summed E-state index contributed by atoms with van der Waals surface area (Å²) in [5.74, 6) is -1.19. The van der Waals surface area contributed by atoms with Gasteiger partial charge in [-0.3, -0.25) is 4.79 Å². The molecule has 1 aliphatic heterocycles. The monoisotopic (exact) mass is 490 g/mol. The van der Waals surface area contributed by atoms with Crippen molar-refractivity contribution in [2.24, 2.45) is 0 Å². The molecule has 7 nitrogen and oxygen atoms in total. The van der Waals surface area contributed by atoms with Crippen LogP contribution >= 0.6 is 34.8 Å². The zero-order valence-corrected chi connectivity index (χ0v) is 18.6. The largest absolute Gasteiger partial charge is 0.452 e. The Balaban J connectivity index is 1.54. The van der Waals surface area contributed by atoms with Gasteiger partial charge in [0.15, 0.2) is 6.61 Å². The molecule has 0 atom stereocenters. The van der Waals surface area contributed by atoms with Crippen molar-refractivity contribution in [1.29, 1.82) is 0 Å². The molecule has 0 radical (unpaired) electrons. The van der Waals surface area contributed by atoms with E-state index in [9.17, 15) is 18.0 Å². The summed E-state index contributed by atoms with van der Waals surface area (Å²) in [5, 5.41) is 0.700. The zero-order valence-electron chi connectivity index (χ0n) is 15.6. The molecule has 1 aliphatic rings. The van der Waals surface area contributed by atoms with Gasteiger partial charge in [-0.1, -0.05) is 40.9 Å². The lowest BCUT2D eigenvalue weighted by molar-refractivity contribution is -0.135. The number of carbonyl (C=O) groups excluding carboxylic acids is 2. The summed E-state index contributed by atoms with van der Waals surface area (Å²) in [6.07, 6.45) is 0. The number of ether oxygens (including phenoxy) is 1. The molecule has 160 valence electrons. The molecular formula is C19H17Cl3N2O5S. The smallest absolute Gasteiger partial charge is 0.340 e. The Labute approximate surface area is 189 Å². The van der Waals surface area contributed by atoms with Crippen molar-refractivity contribution in [2.75, 3.05) is 32.8 Å². The van der Waals surface area contributed by atoms with E-state index in [1.54, 1.807) is 6.07 Å². The van der Waals surface area contributed by atoms with E-state index in [1.807, 2.05) is 0 Å². The van der Waals surface area contributed by atoms with Gasteiger partial charge in [-0.05, 0) is 36.4 Å². The van der Waals surface area contributed by atoms with Crippen LogP contribution < -0.4 is 0 Å². The zero-order chi connectivity index (χ0) is 21.9. The fourth-order valence-electron chi connectivity index (χ4n) is 2.89. The van der Waals surface area contributed by atoms with Crippen molar-refractivity contribution < 1.29 is 22.7 Å². The first-order chi connectivity index (χ1) is 14.2.